The largest absolute Gasteiger partial charge is 0.287 e. The third-order valence-corrected chi connectivity index (χ3v) is 3.03. The van der Waals surface area contributed by atoms with Gasteiger partial charge in [0.2, 0.25) is 0 Å². The Kier molecular flexibility index (Phi) is 3.10. The first-order valence-corrected chi connectivity index (χ1v) is 5.75. The van der Waals surface area contributed by atoms with Crippen molar-refractivity contribution in [1.82, 2.24) is 9.78 Å². The van der Waals surface area contributed by atoms with Gasteiger partial charge in [-0.1, -0.05) is 23.9 Å². The predicted molar refractivity (Wildman–Crippen MR) is 65.2 cm³/mol. The van der Waals surface area contributed by atoms with Gasteiger partial charge < -0.3 is 0 Å². The Labute approximate surface area is 98.5 Å². The van der Waals surface area contributed by atoms with Crippen LogP contribution in [0.15, 0.2) is 41.4 Å². The van der Waals surface area contributed by atoms with E-state index in [1.165, 1.54) is 11.8 Å². The lowest BCUT2D eigenvalue weighted by Gasteiger charge is -2.03. The highest BCUT2D eigenvalue weighted by Crippen LogP contribution is 2.23. The summed E-state index contributed by atoms with van der Waals surface area (Å²) in [4.78, 5) is 11.9. The summed E-state index contributed by atoms with van der Waals surface area (Å²) < 4.78 is 1.83. The van der Waals surface area contributed by atoms with Gasteiger partial charge in [0.15, 0.2) is 5.12 Å². The van der Waals surface area contributed by atoms with E-state index in [0.717, 1.165) is 16.2 Å². The van der Waals surface area contributed by atoms with Gasteiger partial charge in [-0.25, -0.2) is 0 Å². The fraction of sp³-hybridized carbons (Fsp3) is 0.167. The maximum Gasteiger partial charge on any atom is 0.190 e. The first-order valence-electron chi connectivity index (χ1n) is 4.93. The first-order chi connectivity index (χ1) is 7.66. The van der Waals surface area contributed by atoms with Crippen LogP contribution in [-0.2, 0) is 11.8 Å². The molecule has 0 bridgehead atoms. The van der Waals surface area contributed by atoms with Crippen molar-refractivity contribution in [3.63, 3.8) is 0 Å². The van der Waals surface area contributed by atoms with Crippen molar-refractivity contribution >= 4 is 16.9 Å². The highest BCUT2D eigenvalue weighted by molar-refractivity contribution is 8.13. The average Bonchev–Trinajstić information content (AvgIpc) is 2.65. The second-order valence-electron chi connectivity index (χ2n) is 3.46. The quantitative estimate of drug-likeness (QED) is 0.747. The molecule has 2 aromatic rings. The predicted octanol–water partition coefficient (Wildman–Crippen LogP) is 2.73. The van der Waals surface area contributed by atoms with Crippen LogP contribution in [0.5, 0.6) is 0 Å². The Balaban J connectivity index is 2.26. The van der Waals surface area contributed by atoms with Crippen LogP contribution in [0.2, 0.25) is 0 Å². The molecule has 82 valence electrons. The van der Waals surface area contributed by atoms with Crippen LogP contribution in [0.4, 0.5) is 0 Å². The summed E-state index contributed by atoms with van der Waals surface area (Å²) in [6.45, 7) is 1.57. The van der Waals surface area contributed by atoms with E-state index in [0.29, 0.717) is 0 Å². The zero-order valence-corrected chi connectivity index (χ0v) is 9.99. The number of thioether (sulfide) groups is 1. The number of carbonyl (C=O) groups excluding carboxylic acids is 1. The molecule has 1 aromatic heterocycles. The minimum atomic E-state index is 0.105. The number of rotatable bonds is 2. The summed E-state index contributed by atoms with van der Waals surface area (Å²) >= 11 is 1.25. The molecule has 4 heteroatoms. The van der Waals surface area contributed by atoms with Gasteiger partial charge >= 0.3 is 0 Å². The van der Waals surface area contributed by atoms with E-state index < -0.39 is 0 Å². The Morgan fingerprint density at radius 3 is 2.44 bits per heavy atom. The van der Waals surface area contributed by atoms with Crippen LogP contribution in [0.3, 0.4) is 0 Å². The number of aromatic nitrogens is 2. The molecule has 0 saturated carbocycles. The van der Waals surface area contributed by atoms with Crippen molar-refractivity contribution < 1.29 is 4.79 Å². The minimum absolute atomic E-state index is 0.105. The Morgan fingerprint density at radius 1 is 1.25 bits per heavy atom. The molecule has 0 aliphatic rings. The first kappa shape index (κ1) is 11.0. The molecule has 0 aliphatic carbocycles. The molecular weight excluding hydrogens is 220 g/mol. The Hall–Kier alpha value is -1.55. The van der Waals surface area contributed by atoms with E-state index in [1.54, 1.807) is 13.1 Å². The fourth-order valence-electron chi connectivity index (χ4n) is 1.52. The lowest BCUT2D eigenvalue weighted by Crippen LogP contribution is -1.92. The molecule has 0 radical (unpaired) electrons. The molecule has 2 rings (SSSR count). The van der Waals surface area contributed by atoms with Crippen molar-refractivity contribution in [2.24, 2.45) is 7.05 Å². The standard InChI is InChI=1S/C12H12N2OS/c1-9(15)16-11-5-3-10(4-6-11)12-7-8-13-14(12)2/h3-8H,1-2H3. The summed E-state index contributed by atoms with van der Waals surface area (Å²) in [7, 11) is 1.91. The van der Waals surface area contributed by atoms with Gasteiger partial charge in [-0.3, -0.25) is 9.48 Å². The third-order valence-electron chi connectivity index (χ3n) is 2.23. The van der Waals surface area contributed by atoms with Gasteiger partial charge in [0.25, 0.3) is 0 Å². The zero-order valence-electron chi connectivity index (χ0n) is 9.18. The van der Waals surface area contributed by atoms with Gasteiger partial charge in [0.1, 0.15) is 0 Å². The van der Waals surface area contributed by atoms with Crippen LogP contribution in [0.25, 0.3) is 11.3 Å². The maximum absolute atomic E-state index is 10.9. The summed E-state index contributed by atoms with van der Waals surface area (Å²) in [5.74, 6) is 0. The average molecular weight is 232 g/mol. The molecule has 0 atom stereocenters. The van der Waals surface area contributed by atoms with Gasteiger partial charge in [-0.2, -0.15) is 5.10 Å². The van der Waals surface area contributed by atoms with Crippen molar-refractivity contribution in [3.8, 4) is 11.3 Å². The van der Waals surface area contributed by atoms with Gasteiger partial charge in [0, 0.05) is 25.1 Å². The third kappa shape index (κ3) is 2.33. The van der Waals surface area contributed by atoms with E-state index in [1.807, 2.05) is 42.1 Å². The summed E-state index contributed by atoms with van der Waals surface area (Å²) in [6, 6.07) is 9.88. The topological polar surface area (TPSA) is 34.9 Å². The van der Waals surface area contributed by atoms with Crippen molar-refractivity contribution in [1.29, 1.82) is 0 Å². The van der Waals surface area contributed by atoms with Crippen LogP contribution in [0, 0.1) is 0 Å². The molecule has 0 N–H and O–H groups in total. The lowest BCUT2D eigenvalue weighted by molar-refractivity contribution is -0.109. The van der Waals surface area contributed by atoms with Gasteiger partial charge in [-0.05, 0) is 23.8 Å². The molecule has 0 unspecified atom stereocenters. The van der Waals surface area contributed by atoms with Crippen LogP contribution < -0.4 is 0 Å². The second kappa shape index (κ2) is 4.53. The van der Waals surface area contributed by atoms with Crippen molar-refractivity contribution in [3.05, 3.63) is 36.5 Å². The summed E-state index contributed by atoms with van der Waals surface area (Å²) in [5.41, 5.74) is 2.17. The highest BCUT2D eigenvalue weighted by atomic mass is 32.2. The summed E-state index contributed by atoms with van der Waals surface area (Å²) in [6.07, 6.45) is 1.77. The number of nitrogens with zero attached hydrogens (tertiary/aromatic N) is 2. The molecular formula is C12H12N2OS. The zero-order chi connectivity index (χ0) is 11.5. The molecule has 1 heterocycles. The van der Waals surface area contributed by atoms with Crippen molar-refractivity contribution in [2.45, 2.75) is 11.8 Å². The van der Waals surface area contributed by atoms with Crippen LogP contribution in [0.1, 0.15) is 6.92 Å². The molecule has 0 aliphatic heterocycles. The van der Waals surface area contributed by atoms with Crippen LogP contribution >= 0.6 is 11.8 Å². The van der Waals surface area contributed by atoms with Crippen molar-refractivity contribution in [2.75, 3.05) is 0 Å². The lowest BCUT2D eigenvalue weighted by atomic mass is 10.1. The number of hydrogen-bond acceptors (Lipinski definition) is 3. The monoisotopic (exact) mass is 232 g/mol. The number of benzene rings is 1. The Bertz CT molecular complexity index is 502. The second-order valence-corrected chi connectivity index (χ2v) is 4.71. The van der Waals surface area contributed by atoms with E-state index in [2.05, 4.69) is 5.10 Å². The molecule has 0 amide bonds. The normalized spacial score (nSPS) is 10.4. The molecule has 16 heavy (non-hydrogen) atoms. The molecule has 0 fully saturated rings. The minimum Gasteiger partial charge on any atom is -0.287 e. The smallest absolute Gasteiger partial charge is 0.190 e. The number of hydrogen-bond donors (Lipinski definition) is 0. The van der Waals surface area contributed by atoms with Gasteiger partial charge in [-0.15, -0.1) is 0 Å². The fourth-order valence-corrected chi connectivity index (χ4v) is 2.12. The number of carbonyl (C=O) groups is 1. The molecule has 0 saturated heterocycles. The number of aryl methyl sites for hydroxylation is 1. The van der Waals surface area contributed by atoms with E-state index >= 15 is 0 Å². The van der Waals surface area contributed by atoms with E-state index in [9.17, 15) is 4.79 Å². The van der Waals surface area contributed by atoms with Crippen LogP contribution in [-0.4, -0.2) is 14.9 Å². The van der Waals surface area contributed by atoms with E-state index in [-0.39, 0.29) is 5.12 Å². The highest BCUT2D eigenvalue weighted by Gasteiger charge is 2.03. The summed E-state index contributed by atoms with van der Waals surface area (Å²) in [5, 5.41) is 4.23. The molecule has 0 spiro atoms. The SMILES string of the molecule is CC(=O)Sc1ccc(-c2ccnn2C)cc1. The van der Waals surface area contributed by atoms with E-state index in [4.69, 9.17) is 0 Å². The van der Waals surface area contributed by atoms with Gasteiger partial charge in [0.05, 0.1) is 5.69 Å². The maximum atomic E-state index is 10.9. The molecule has 3 nitrogen and oxygen atoms in total. The molecule has 1 aromatic carbocycles. The Morgan fingerprint density at radius 2 is 1.94 bits per heavy atom.